The lowest BCUT2D eigenvalue weighted by Crippen LogP contribution is -2.41. The van der Waals surface area contributed by atoms with Crippen LogP contribution in [0.5, 0.6) is 0 Å². The summed E-state index contributed by atoms with van der Waals surface area (Å²) in [5.74, 6) is 0.0328. The van der Waals surface area contributed by atoms with Gasteiger partial charge in [0.15, 0.2) is 0 Å². The van der Waals surface area contributed by atoms with E-state index in [1.165, 1.54) is 0 Å². The van der Waals surface area contributed by atoms with E-state index in [-0.39, 0.29) is 11.9 Å². The maximum atomic E-state index is 12.1. The van der Waals surface area contributed by atoms with Crippen molar-refractivity contribution in [1.29, 1.82) is 5.26 Å². The van der Waals surface area contributed by atoms with Crippen LogP contribution in [0.4, 0.5) is 5.69 Å². The van der Waals surface area contributed by atoms with Crippen LogP contribution >= 0.6 is 11.6 Å². The fourth-order valence-electron chi connectivity index (χ4n) is 1.81. The van der Waals surface area contributed by atoms with E-state index in [1.54, 1.807) is 30.0 Å². The minimum Gasteiger partial charge on any atom is -0.373 e. The molecule has 0 heterocycles. The summed E-state index contributed by atoms with van der Waals surface area (Å²) in [6.45, 7) is 7.06. The van der Waals surface area contributed by atoms with Gasteiger partial charge in [-0.1, -0.05) is 11.6 Å². The van der Waals surface area contributed by atoms with E-state index in [0.717, 1.165) is 0 Å². The molecule has 0 saturated carbocycles. The van der Waals surface area contributed by atoms with Crippen LogP contribution in [0.25, 0.3) is 0 Å². The van der Waals surface area contributed by atoms with Crippen LogP contribution < -0.4 is 5.32 Å². The number of carbonyl (C=O) groups is 1. The van der Waals surface area contributed by atoms with E-state index in [4.69, 9.17) is 16.9 Å². The number of carbonyl (C=O) groups excluding carboxylic acids is 1. The summed E-state index contributed by atoms with van der Waals surface area (Å²) in [7, 11) is 0. The van der Waals surface area contributed by atoms with Gasteiger partial charge in [0, 0.05) is 13.1 Å². The quantitative estimate of drug-likeness (QED) is 0.902. The molecule has 1 unspecified atom stereocenters. The zero-order valence-corrected chi connectivity index (χ0v) is 12.2. The maximum absolute atomic E-state index is 12.1. The number of halogens is 1. The molecule has 1 N–H and O–H groups in total. The second kappa shape index (κ2) is 7.01. The molecule has 5 heteroatoms. The lowest BCUT2D eigenvalue weighted by atomic mass is 10.2. The fourth-order valence-corrected chi connectivity index (χ4v) is 2.04. The number of benzene rings is 1. The Balaban J connectivity index is 2.80. The van der Waals surface area contributed by atoms with E-state index in [0.29, 0.717) is 29.4 Å². The molecule has 0 fully saturated rings. The summed E-state index contributed by atoms with van der Waals surface area (Å²) in [6, 6.07) is 6.63. The first-order valence-electron chi connectivity index (χ1n) is 6.28. The van der Waals surface area contributed by atoms with Gasteiger partial charge in [-0.3, -0.25) is 4.79 Å². The van der Waals surface area contributed by atoms with Gasteiger partial charge in [-0.25, -0.2) is 0 Å². The third-order valence-corrected chi connectivity index (χ3v) is 3.23. The number of nitriles is 1. The van der Waals surface area contributed by atoms with Gasteiger partial charge in [-0.05, 0) is 39.0 Å². The molecule has 0 radical (unpaired) electrons. The number of hydrogen-bond acceptors (Lipinski definition) is 3. The highest BCUT2D eigenvalue weighted by molar-refractivity contribution is 6.33. The molecule has 102 valence electrons. The largest absolute Gasteiger partial charge is 0.373 e. The molecular formula is C14H18ClN3O. The Kier molecular flexibility index (Phi) is 5.65. The lowest BCUT2D eigenvalue weighted by molar-refractivity contribution is -0.131. The molecule has 1 atom stereocenters. The highest BCUT2D eigenvalue weighted by Crippen LogP contribution is 2.23. The minimum atomic E-state index is -0.356. The molecule has 0 aromatic heterocycles. The van der Waals surface area contributed by atoms with Crippen LogP contribution in [0.2, 0.25) is 5.02 Å². The highest BCUT2D eigenvalue weighted by Gasteiger charge is 2.18. The molecular weight excluding hydrogens is 262 g/mol. The van der Waals surface area contributed by atoms with Gasteiger partial charge >= 0.3 is 0 Å². The zero-order valence-electron chi connectivity index (χ0n) is 11.4. The van der Waals surface area contributed by atoms with E-state index in [1.807, 2.05) is 19.9 Å². The minimum absolute atomic E-state index is 0.0328. The second-order valence-electron chi connectivity index (χ2n) is 4.18. The normalized spacial score (nSPS) is 11.5. The summed E-state index contributed by atoms with van der Waals surface area (Å²) >= 11 is 6.07. The standard InChI is InChI=1S/C14H18ClN3O/c1-4-18(5-2)14(19)10(3)17-13-7-6-11(9-16)8-12(13)15/h6-8,10,17H,4-5H2,1-3H3. The summed E-state index contributed by atoms with van der Waals surface area (Å²) in [5, 5.41) is 12.3. The van der Waals surface area contributed by atoms with Crippen molar-refractivity contribution in [2.75, 3.05) is 18.4 Å². The monoisotopic (exact) mass is 279 g/mol. The molecule has 0 aliphatic rings. The molecule has 1 aromatic rings. The molecule has 0 bridgehead atoms. The Morgan fingerprint density at radius 1 is 1.47 bits per heavy atom. The summed E-state index contributed by atoms with van der Waals surface area (Å²) in [5.41, 5.74) is 1.16. The average molecular weight is 280 g/mol. The van der Waals surface area contributed by atoms with Crippen LogP contribution in [0, 0.1) is 11.3 Å². The number of likely N-dealkylation sites (N-methyl/N-ethyl adjacent to an activating group) is 1. The van der Waals surface area contributed by atoms with Crippen LogP contribution in [0.15, 0.2) is 18.2 Å². The van der Waals surface area contributed by atoms with Crippen molar-refractivity contribution < 1.29 is 4.79 Å². The van der Waals surface area contributed by atoms with Gasteiger partial charge in [-0.2, -0.15) is 5.26 Å². The SMILES string of the molecule is CCN(CC)C(=O)C(C)Nc1ccc(C#N)cc1Cl. The van der Waals surface area contributed by atoms with Gasteiger partial charge in [0.2, 0.25) is 5.91 Å². The topological polar surface area (TPSA) is 56.1 Å². The second-order valence-corrected chi connectivity index (χ2v) is 4.59. The number of rotatable bonds is 5. The molecule has 0 spiro atoms. The molecule has 4 nitrogen and oxygen atoms in total. The molecule has 0 saturated heterocycles. The maximum Gasteiger partial charge on any atom is 0.244 e. The van der Waals surface area contributed by atoms with Crippen LogP contribution in [0.1, 0.15) is 26.3 Å². The highest BCUT2D eigenvalue weighted by atomic mass is 35.5. The van der Waals surface area contributed by atoms with Gasteiger partial charge in [0.1, 0.15) is 6.04 Å². The molecule has 1 aromatic carbocycles. The first-order valence-corrected chi connectivity index (χ1v) is 6.66. The fraction of sp³-hybridized carbons (Fsp3) is 0.429. The van der Waals surface area contributed by atoms with Crippen LogP contribution in [-0.2, 0) is 4.79 Å². The Labute approximate surface area is 119 Å². The molecule has 0 aliphatic carbocycles. The van der Waals surface area contributed by atoms with Crippen LogP contribution in [0.3, 0.4) is 0 Å². The number of amides is 1. The summed E-state index contributed by atoms with van der Waals surface area (Å²) in [4.78, 5) is 13.9. The smallest absolute Gasteiger partial charge is 0.244 e. The Bertz CT molecular complexity index is 492. The number of hydrogen-bond donors (Lipinski definition) is 1. The predicted octanol–water partition coefficient (Wildman–Crippen LogP) is 2.88. The van der Waals surface area contributed by atoms with Crippen molar-refractivity contribution in [3.63, 3.8) is 0 Å². The first-order chi connectivity index (χ1) is 9.03. The number of anilines is 1. The summed E-state index contributed by atoms with van der Waals surface area (Å²) in [6.07, 6.45) is 0. The van der Waals surface area contributed by atoms with Gasteiger partial charge < -0.3 is 10.2 Å². The number of nitrogens with one attached hydrogen (secondary N) is 1. The summed E-state index contributed by atoms with van der Waals surface area (Å²) < 4.78 is 0. The van der Waals surface area contributed by atoms with Crippen molar-refractivity contribution in [3.8, 4) is 6.07 Å². The number of nitrogens with zero attached hydrogens (tertiary/aromatic N) is 2. The van der Waals surface area contributed by atoms with Gasteiger partial charge in [0.05, 0.1) is 22.3 Å². The molecule has 1 rings (SSSR count). The third-order valence-electron chi connectivity index (χ3n) is 2.92. The van der Waals surface area contributed by atoms with E-state index < -0.39 is 0 Å². The van der Waals surface area contributed by atoms with Crippen LogP contribution in [-0.4, -0.2) is 29.9 Å². The lowest BCUT2D eigenvalue weighted by Gasteiger charge is -2.24. The molecule has 0 aliphatic heterocycles. The third kappa shape index (κ3) is 3.87. The molecule has 19 heavy (non-hydrogen) atoms. The Morgan fingerprint density at radius 2 is 2.11 bits per heavy atom. The van der Waals surface area contributed by atoms with Crippen molar-refractivity contribution >= 4 is 23.2 Å². The van der Waals surface area contributed by atoms with Crippen molar-refractivity contribution in [2.45, 2.75) is 26.8 Å². The molecule has 1 amide bonds. The van der Waals surface area contributed by atoms with E-state index >= 15 is 0 Å². The Morgan fingerprint density at radius 3 is 2.58 bits per heavy atom. The first kappa shape index (κ1) is 15.3. The van der Waals surface area contributed by atoms with Gasteiger partial charge in [-0.15, -0.1) is 0 Å². The predicted molar refractivity (Wildman–Crippen MR) is 77.2 cm³/mol. The Hall–Kier alpha value is -1.73. The average Bonchev–Trinajstić information content (AvgIpc) is 2.42. The van der Waals surface area contributed by atoms with Crippen molar-refractivity contribution in [1.82, 2.24) is 4.90 Å². The zero-order chi connectivity index (χ0) is 14.4. The van der Waals surface area contributed by atoms with E-state index in [2.05, 4.69) is 5.32 Å². The van der Waals surface area contributed by atoms with Gasteiger partial charge in [0.25, 0.3) is 0 Å². The van der Waals surface area contributed by atoms with E-state index in [9.17, 15) is 4.79 Å². The van der Waals surface area contributed by atoms with Crippen molar-refractivity contribution in [3.05, 3.63) is 28.8 Å². The van der Waals surface area contributed by atoms with Crippen molar-refractivity contribution in [2.24, 2.45) is 0 Å².